The molecule has 8 nitrogen and oxygen atoms in total. The average Bonchev–Trinajstić information content (AvgIpc) is 3.50. The molecule has 0 radical (unpaired) electrons. The van der Waals surface area contributed by atoms with Crippen molar-refractivity contribution in [2.75, 3.05) is 26.7 Å². The first kappa shape index (κ1) is 24.0. The Kier molecular flexibility index (Phi) is 6.25. The summed E-state index contributed by atoms with van der Waals surface area (Å²) in [5.74, 6) is 0.261. The molecule has 0 unspecified atom stereocenters. The maximum Gasteiger partial charge on any atom is 0.434 e. The van der Waals surface area contributed by atoms with Crippen molar-refractivity contribution in [3.63, 3.8) is 0 Å². The summed E-state index contributed by atoms with van der Waals surface area (Å²) in [6, 6.07) is 10.9. The van der Waals surface area contributed by atoms with Crippen LogP contribution in [-0.2, 0) is 0 Å². The first-order valence-corrected chi connectivity index (χ1v) is 11.5. The van der Waals surface area contributed by atoms with Crippen LogP contribution in [0.4, 0.5) is 13.2 Å². The molecule has 0 aliphatic carbocycles. The van der Waals surface area contributed by atoms with Gasteiger partial charge in [-0.05, 0) is 48.7 Å². The van der Waals surface area contributed by atoms with Crippen LogP contribution in [0, 0.1) is 6.92 Å². The van der Waals surface area contributed by atoms with Gasteiger partial charge in [0.1, 0.15) is 6.10 Å². The van der Waals surface area contributed by atoms with Gasteiger partial charge >= 0.3 is 11.9 Å². The molecule has 4 aromatic rings. The molecule has 2 atom stereocenters. The van der Waals surface area contributed by atoms with Crippen LogP contribution >= 0.6 is 0 Å². The Bertz CT molecular complexity index is 1410. The summed E-state index contributed by atoms with van der Waals surface area (Å²) < 4.78 is 56.7. The van der Waals surface area contributed by atoms with Gasteiger partial charge in [-0.25, -0.2) is 9.89 Å². The summed E-state index contributed by atoms with van der Waals surface area (Å²) in [5.41, 5.74) is 3.30. The Morgan fingerprint density at radius 2 is 2.00 bits per heavy atom. The quantitative estimate of drug-likeness (QED) is 0.399. The minimum Gasteiger partial charge on any atom is -0.493 e. The van der Waals surface area contributed by atoms with Crippen molar-refractivity contribution in [2.24, 2.45) is 0 Å². The number of benzene rings is 2. The number of nitrogens with one attached hydrogen (secondary N) is 2. The third kappa shape index (κ3) is 4.83. The monoisotopic (exact) mass is 502 g/mol. The smallest absolute Gasteiger partial charge is 0.434 e. The van der Waals surface area contributed by atoms with E-state index >= 15 is 0 Å². The van der Waals surface area contributed by atoms with Crippen molar-refractivity contribution < 1.29 is 27.1 Å². The number of aryl methyl sites for hydroxylation is 1. The predicted molar refractivity (Wildman–Crippen MR) is 126 cm³/mol. The van der Waals surface area contributed by atoms with Gasteiger partial charge < -0.3 is 18.9 Å². The molecule has 11 heteroatoms. The van der Waals surface area contributed by atoms with Crippen LogP contribution < -0.4 is 15.2 Å². The van der Waals surface area contributed by atoms with Crippen molar-refractivity contribution in [1.82, 2.24) is 20.1 Å². The number of aromatic nitrogens is 3. The SMILES string of the molecule is COc1cc(C)c2[nH]ccc2c1O[C@@H]1CCN(CC(F)(F)F)C[C@H]1c1ccc(-c2n[nH]c(=O)o2)cc1. The van der Waals surface area contributed by atoms with E-state index in [0.29, 0.717) is 23.5 Å². The molecule has 36 heavy (non-hydrogen) atoms. The number of alkyl halides is 3. The van der Waals surface area contributed by atoms with E-state index in [2.05, 4.69) is 15.2 Å². The molecule has 1 aliphatic rings. The van der Waals surface area contributed by atoms with Gasteiger partial charge in [-0.15, -0.1) is 5.10 Å². The Balaban J connectivity index is 1.48. The van der Waals surface area contributed by atoms with Gasteiger partial charge in [-0.2, -0.15) is 13.2 Å². The lowest BCUT2D eigenvalue weighted by atomic mass is 9.87. The normalized spacial score (nSPS) is 19.0. The molecule has 5 rings (SSSR count). The van der Waals surface area contributed by atoms with Crippen LogP contribution in [0.25, 0.3) is 22.4 Å². The molecule has 190 valence electrons. The van der Waals surface area contributed by atoms with E-state index in [1.54, 1.807) is 31.4 Å². The summed E-state index contributed by atoms with van der Waals surface area (Å²) in [6.07, 6.45) is -2.46. The maximum atomic E-state index is 13.2. The number of halogens is 3. The molecule has 2 aromatic carbocycles. The minimum atomic E-state index is -4.29. The van der Waals surface area contributed by atoms with Gasteiger partial charge in [-0.1, -0.05) is 12.1 Å². The van der Waals surface area contributed by atoms with E-state index in [0.717, 1.165) is 22.0 Å². The van der Waals surface area contributed by atoms with Crippen LogP contribution in [0.1, 0.15) is 23.5 Å². The van der Waals surface area contributed by atoms with Gasteiger partial charge in [0.15, 0.2) is 11.5 Å². The van der Waals surface area contributed by atoms with Gasteiger partial charge in [0.05, 0.1) is 19.2 Å². The molecule has 2 N–H and O–H groups in total. The van der Waals surface area contributed by atoms with E-state index in [9.17, 15) is 18.0 Å². The summed E-state index contributed by atoms with van der Waals surface area (Å²) in [4.78, 5) is 15.9. The highest BCUT2D eigenvalue weighted by Gasteiger charge is 2.38. The zero-order valence-corrected chi connectivity index (χ0v) is 19.7. The topological polar surface area (TPSA) is 96.4 Å². The predicted octanol–water partition coefficient (Wildman–Crippen LogP) is 4.63. The number of aromatic amines is 2. The third-order valence-corrected chi connectivity index (χ3v) is 6.51. The number of ether oxygens (including phenoxy) is 2. The zero-order valence-electron chi connectivity index (χ0n) is 19.7. The molecule has 3 heterocycles. The molecule has 0 bridgehead atoms. The van der Waals surface area contributed by atoms with Crippen molar-refractivity contribution in [2.45, 2.75) is 31.5 Å². The Labute approximate surface area is 204 Å². The molecule has 0 saturated carbocycles. The minimum absolute atomic E-state index is 0.140. The number of H-pyrrole nitrogens is 2. The van der Waals surface area contributed by atoms with Gasteiger partial charge in [-0.3, -0.25) is 4.90 Å². The van der Waals surface area contributed by atoms with Gasteiger partial charge in [0, 0.05) is 36.2 Å². The van der Waals surface area contributed by atoms with E-state index in [1.807, 2.05) is 25.3 Å². The van der Waals surface area contributed by atoms with Crippen LogP contribution in [0.3, 0.4) is 0 Å². The number of rotatable bonds is 6. The van der Waals surface area contributed by atoms with E-state index in [1.165, 1.54) is 4.90 Å². The second-order valence-electron chi connectivity index (χ2n) is 8.93. The van der Waals surface area contributed by atoms with Gasteiger partial charge in [0.25, 0.3) is 0 Å². The molecule has 1 saturated heterocycles. The zero-order chi connectivity index (χ0) is 25.4. The molecule has 1 aliphatic heterocycles. The second-order valence-corrected chi connectivity index (χ2v) is 8.93. The van der Waals surface area contributed by atoms with Crippen LogP contribution in [0.15, 0.2) is 51.8 Å². The molecular weight excluding hydrogens is 477 g/mol. The lowest BCUT2D eigenvalue weighted by Gasteiger charge is -2.39. The van der Waals surface area contributed by atoms with E-state index < -0.39 is 24.6 Å². The maximum absolute atomic E-state index is 13.2. The van der Waals surface area contributed by atoms with Gasteiger partial charge in [0.2, 0.25) is 5.89 Å². The van der Waals surface area contributed by atoms with Crippen molar-refractivity contribution >= 4 is 10.9 Å². The van der Waals surface area contributed by atoms with Crippen molar-refractivity contribution in [1.29, 1.82) is 0 Å². The highest BCUT2D eigenvalue weighted by molar-refractivity contribution is 5.91. The number of fused-ring (bicyclic) bond motifs is 1. The Hall–Kier alpha value is -3.73. The standard InChI is InChI=1S/C25H25F3N4O4/c1-14-11-20(34-2)22(17-7-9-29-21(14)17)35-19-8-10-32(13-25(26,27)28)12-18(19)15-3-5-16(6-4-15)23-30-31-24(33)36-23/h3-7,9,11,18-19,29H,8,10,12-13H2,1-2H3,(H,31,33)/t18-,19+/m0/s1. The fourth-order valence-corrected chi connectivity index (χ4v) is 4.86. The summed E-state index contributed by atoms with van der Waals surface area (Å²) in [6.45, 7) is 1.41. The summed E-state index contributed by atoms with van der Waals surface area (Å²) in [7, 11) is 1.57. The number of piperidine rings is 1. The fraction of sp³-hybridized carbons (Fsp3) is 0.360. The number of methoxy groups -OCH3 is 1. The second kappa shape index (κ2) is 9.38. The van der Waals surface area contributed by atoms with Crippen LogP contribution in [0.5, 0.6) is 11.5 Å². The summed E-state index contributed by atoms with van der Waals surface area (Å²) in [5, 5.41) is 6.89. The molecule has 1 fully saturated rings. The number of likely N-dealkylation sites (tertiary alicyclic amines) is 1. The largest absolute Gasteiger partial charge is 0.493 e. The van der Waals surface area contributed by atoms with Crippen LogP contribution in [-0.4, -0.2) is 59.1 Å². The third-order valence-electron chi connectivity index (χ3n) is 6.51. The Morgan fingerprint density at radius 1 is 1.22 bits per heavy atom. The summed E-state index contributed by atoms with van der Waals surface area (Å²) >= 11 is 0. The molecule has 2 aromatic heterocycles. The van der Waals surface area contributed by atoms with Crippen molar-refractivity contribution in [3.8, 4) is 23.0 Å². The molecule has 0 amide bonds. The first-order chi connectivity index (χ1) is 17.2. The van der Waals surface area contributed by atoms with E-state index in [4.69, 9.17) is 13.9 Å². The van der Waals surface area contributed by atoms with Crippen LogP contribution in [0.2, 0.25) is 0 Å². The average molecular weight is 502 g/mol. The van der Waals surface area contributed by atoms with E-state index in [-0.39, 0.29) is 24.9 Å². The van der Waals surface area contributed by atoms with Crippen molar-refractivity contribution in [3.05, 3.63) is 64.3 Å². The molecular formula is C25H25F3N4O4. The number of hydrogen-bond acceptors (Lipinski definition) is 6. The highest BCUT2D eigenvalue weighted by Crippen LogP contribution is 2.41. The number of nitrogens with zero attached hydrogens (tertiary/aromatic N) is 2. The lowest BCUT2D eigenvalue weighted by molar-refractivity contribution is -0.150. The fourth-order valence-electron chi connectivity index (χ4n) is 4.86. The lowest BCUT2D eigenvalue weighted by Crippen LogP contribution is -2.47. The Morgan fingerprint density at radius 3 is 2.67 bits per heavy atom. The molecule has 0 spiro atoms. The highest BCUT2D eigenvalue weighted by atomic mass is 19.4. The number of hydrogen-bond donors (Lipinski definition) is 2. The first-order valence-electron chi connectivity index (χ1n) is 11.5.